The van der Waals surface area contributed by atoms with Crippen LogP contribution in [0.25, 0.3) is 0 Å². The summed E-state index contributed by atoms with van der Waals surface area (Å²) in [6.07, 6.45) is 5.78. The largest absolute Gasteiger partial charge is 0.396 e. The molecular weight excluding hydrogens is 366 g/mol. The number of aliphatic hydroxyl groups excluding tert-OH is 1. The minimum absolute atomic E-state index is 0.0488. The lowest BCUT2D eigenvalue weighted by Crippen LogP contribution is -2.56. The van der Waals surface area contributed by atoms with Crippen molar-refractivity contribution in [2.24, 2.45) is 5.92 Å². The van der Waals surface area contributed by atoms with Crippen molar-refractivity contribution in [3.63, 3.8) is 0 Å². The number of amides is 1. The van der Waals surface area contributed by atoms with Gasteiger partial charge in [-0.25, -0.2) is 4.98 Å². The number of nitriles is 1. The number of anilines is 1. The smallest absolute Gasteiger partial charge is 0.225 e. The topological polar surface area (TPSA) is 92.5 Å². The third-order valence-corrected chi connectivity index (χ3v) is 6.88. The average Bonchev–Trinajstić information content (AvgIpc) is 3.65. The summed E-state index contributed by atoms with van der Waals surface area (Å²) < 4.78 is 0. The maximum atomic E-state index is 12.5. The third-order valence-electron chi connectivity index (χ3n) is 6.88. The van der Waals surface area contributed by atoms with Crippen LogP contribution >= 0.6 is 0 Å². The van der Waals surface area contributed by atoms with E-state index in [1.165, 1.54) is 29.7 Å². The molecule has 7 nitrogen and oxygen atoms in total. The van der Waals surface area contributed by atoms with E-state index >= 15 is 0 Å². The van der Waals surface area contributed by atoms with E-state index in [4.69, 9.17) is 4.98 Å². The number of nitrogens with one attached hydrogen (secondary N) is 1. The number of rotatable bonds is 5. The first-order valence-corrected chi connectivity index (χ1v) is 11.0. The number of hydrogen-bond acceptors (Lipinski definition) is 6. The Bertz CT molecular complexity index is 856. The van der Waals surface area contributed by atoms with E-state index in [1.54, 1.807) is 0 Å². The Morgan fingerprint density at radius 3 is 2.76 bits per heavy atom. The van der Waals surface area contributed by atoms with Gasteiger partial charge in [-0.15, -0.1) is 0 Å². The fourth-order valence-electron chi connectivity index (χ4n) is 5.05. The van der Waals surface area contributed by atoms with E-state index < -0.39 is 0 Å². The van der Waals surface area contributed by atoms with Crippen LogP contribution in [-0.2, 0) is 17.8 Å². The zero-order valence-corrected chi connectivity index (χ0v) is 16.9. The highest BCUT2D eigenvalue weighted by Gasteiger charge is 2.42. The van der Waals surface area contributed by atoms with Gasteiger partial charge in [0.25, 0.3) is 0 Å². The van der Waals surface area contributed by atoms with Crippen molar-refractivity contribution in [2.45, 2.75) is 57.0 Å². The summed E-state index contributed by atoms with van der Waals surface area (Å²) >= 11 is 0. The van der Waals surface area contributed by atoms with Gasteiger partial charge in [-0.1, -0.05) is 0 Å². The summed E-state index contributed by atoms with van der Waals surface area (Å²) in [5, 5.41) is 22.7. The normalized spacial score (nSPS) is 24.2. The molecule has 4 aliphatic rings. The zero-order valence-electron chi connectivity index (χ0n) is 16.9. The highest BCUT2D eigenvalue weighted by Crippen LogP contribution is 2.44. The molecule has 0 aromatic carbocycles. The van der Waals surface area contributed by atoms with E-state index in [0.29, 0.717) is 24.9 Å². The SMILES string of the molecule is N#Cc1c(N2CCN(C(=O)CCO)[C@H](C3CC3)C2)nc(C2CC2)c2c1CCNC2. The van der Waals surface area contributed by atoms with Gasteiger partial charge in [-0.3, -0.25) is 4.79 Å². The Labute approximate surface area is 171 Å². The van der Waals surface area contributed by atoms with Crippen molar-refractivity contribution in [1.82, 2.24) is 15.2 Å². The lowest BCUT2D eigenvalue weighted by molar-refractivity contribution is -0.135. The number of nitrogens with zero attached hydrogens (tertiary/aromatic N) is 4. The van der Waals surface area contributed by atoms with E-state index in [-0.39, 0.29) is 25.0 Å². The van der Waals surface area contributed by atoms with Crippen LogP contribution in [0.2, 0.25) is 0 Å². The van der Waals surface area contributed by atoms with Crippen LogP contribution in [0, 0.1) is 17.2 Å². The van der Waals surface area contributed by atoms with Crippen LogP contribution < -0.4 is 10.2 Å². The van der Waals surface area contributed by atoms with Crippen LogP contribution in [-0.4, -0.2) is 59.7 Å². The van der Waals surface area contributed by atoms with Crippen LogP contribution in [0.4, 0.5) is 5.82 Å². The molecule has 0 bridgehead atoms. The van der Waals surface area contributed by atoms with Crippen molar-refractivity contribution in [2.75, 3.05) is 37.7 Å². The summed E-state index contributed by atoms with van der Waals surface area (Å²) in [7, 11) is 0. The van der Waals surface area contributed by atoms with Gasteiger partial charge in [0.15, 0.2) is 0 Å². The number of hydrogen-bond donors (Lipinski definition) is 2. The summed E-state index contributed by atoms with van der Waals surface area (Å²) in [6, 6.07) is 2.64. The fourth-order valence-corrected chi connectivity index (χ4v) is 5.05. The monoisotopic (exact) mass is 395 g/mol. The van der Waals surface area contributed by atoms with Crippen LogP contribution in [0.5, 0.6) is 0 Å². The molecule has 29 heavy (non-hydrogen) atoms. The van der Waals surface area contributed by atoms with Crippen molar-refractivity contribution in [3.8, 4) is 6.07 Å². The molecule has 1 amide bonds. The number of fused-ring (bicyclic) bond motifs is 1. The number of pyridine rings is 1. The maximum Gasteiger partial charge on any atom is 0.225 e. The molecule has 2 aliphatic carbocycles. The molecule has 3 heterocycles. The molecule has 154 valence electrons. The van der Waals surface area contributed by atoms with E-state index in [2.05, 4.69) is 16.3 Å². The van der Waals surface area contributed by atoms with Crippen LogP contribution in [0.3, 0.4) is 0 Å². The fraction of sp³-hybridized carbons (Fsp3) is 0.682. The molecular formula is C22H29N5O2. The predicted molar refractivity (Wildman–Crippen MR) is 108 cm³/mol. The Morgan fingerprint density at radius 2 is 2.07 bits per heavy atom. The summed E-state index contributed by atoms with van der Waals surface area (Å²) in [6.45, 7) is 3.71. The van der Waals surface area contributed by atoms with Crippen LogP contribution in [0.1, 0.15) is 60.4 Å². The molecule has 0 radical (unpaired) electrons. The Kier molecular flexibility index (Phi) is 4.92. The highest BCUT2D eigenvalue weighted by atomic mass is 16.3. The molecule has 1 atom stereocenters. The van der Waals surface area contributed by atoms with Gasteiger partial charge in [0, 0.05) is 38.5 Å². The highest BCUT2D eigenvalue weighted by molar-refractivity contribution is 5.77. The third kappa shape index (κ3) is 3.49. The minimum Gasteiger partial charge on any atom is -0.396 e. The molecule has 5 rings (SSSR count). The summed E-state index contributed by atoms with van der Waals surface area (Å²) in [5.41, 5.74) is 4.40. The van der Waals surface area contributed by atoms with Crippen molar-refractivity contribution < 1.29 is 9.90 Å². The quantitative estimate of drug-likeness (QED) is 0.780. The second kappa shape index (κ2) is 7.58. The van der Waals surface area contributed by atoms with E-state index in [0.717, 1.165) is 50.3 Å². The van der Waals surface area contributed by atoms with Gasteiger partial charge in [0.05, 0.1) is 23.9 Å². The molecule has 7 heteroatoms. The molecule has 2 aliphatic heterocycles. The first-order valence-electron chi connectivity index (χ1n) is 11.0. The van der Waals surface area contributed by atoms with Gasteiger partial charge in [0.2, 0.25) is 5.91 Å². The van der Waals surface area contributed by atoms with Gasteiger partial charge < -0.3 is 20.2 Å². The Morgan fingerprint density at radius 1 is 1.24 bits per heavy atom. The molecule has 3 fully saturated rings. The Hall–Kier alpha value is -2.17. The molecule has 1 aromatic heterocycles. The molecule has 0 unspecified atom stereocenters. The standard InChI is InChI=1S/C22H29N5O2/c23-11-17-16-5-7-24-12-18(16)21(15-3-4-15)25-22(17)26-8-9-27(20(29)6-10-28)19(13-26)14-1-2-14/h14-15,19,24,28H,1-10,12-13H2/t19-/m0/s1. The zero-order chi connectivity index (χ0) is 20.0. The number of carbonyl (C=O) groups excluding carboxylic acids is 1. The lowest BCUT2D eigenvalue weighted by Gasteiger charge is -2.43. The molecule has 2 saturated carbocycles. The van der Waals surface area contributed by atoms with Gasteiger partial charge >= 0.3 is 0 Å². The number of aromatic nitrogens is 1. The maximum absolute atomic E-state index is 12.5. The molecule has 0 spiro atoms. The second-order valence-corrected chi connectivity index (χ2v) is 8.88. The van der Waals surface area contributed by atoms with Gasteiger partial charge in [0.1, 0.15) is 11.9 Å². The molecule has 1 aromatic rings. The summed E-state index contributed by atoms with van der Waals surface area (Å²) in [4.78, 5) is 21.8. The first-order chi connectivity index (χ1) is 14.2. The minimum atomic E-state index is -0.0970. The number of carbonyl (C=O) groups is 1. The first kappa shape index (κ1) is 18.8. The van der Waals surface area contributed by atoms with Crippen molar-refractivity contribution >= 4 is 11.7 Å². The van der Waals surface area contributed by atoms with E-state index in [9.17, 15) is 15.2 Å². The average molecular weight is 396 g/mol. The summed E-state index contributed by atoms with van der Waals surface area (Å²) in [5.74, 6) is 1.97. The molecule has 2 N–H and O–H groups in total. The molecule has 1 saturated heterocycles. The van der Waals surface area contributed by atoms with E-state index in [1.807, 2.05) is 4.90 Å². The predicted octanol–water partition coefficient (Wildman–Crippen LogP) is 1.29. The number of aliphatic hydroxyl groups is 1. The number of piperazine rings is 1. The van der Waals surface area contributed by atoms with Gasteiger partial charge in [-0.2, -0.15) is 5.26 Å². The van der Waals surface area contributed by atoms with Crippen LogP contribution in [0.15, 0.2) is 0 Å². The lowest BCUT2D eigenvalue weighted by atomic mass is 9.93. The van der Waals surface area contributed by atoms with Crippen molar-refractivity contribution in [3.05, 3.63) is 22.4 Å². The Balaban J connectivity index is 1.48. The second-order valence-electron chi connectivity index (χ2n) is 8.88. The van der Waals surface area contributed by atoms with Crippen molar-refractivity contribution in [1.29, 1.82) is 5.26 Å². The van der Waals surface area contributed by atoms with Gasteiger partial charge in [-0.05, 0) is 55.7 Å².